The third-order valence-corrected chi connectivity index (χ3v) is 1.34. The lowest BCUT2D eigenvalue weighted by molar-refractivity contribution is -0.109. The summed E-state index contributed by atoms with van der Waals surface area (Å²) in [6.07, 6.45) is 2.88. The van der Waals surface area contributed by atoms with Crippen LogP contribution in [0.4, 0.5) is 0 Å². The lowest BCUT2D eigenvalue weighted by Gasteiger charge is -1.87. The smallest absolute Gasteiger partial charge is 0.255 e. The van der Waals surface area contributed by atoms with Crippen LogP contribution in [0.25, 0.3) is 6.08 Å². The van der Waals surface area contributed by atoms with Gasteiger partial charge in [-0.15, -0.1) is 0 Å². The van der Waals surface area contributed by atoms with E-state index in [4.69, 9.17) is 5.26 Å². The third-order valence-electron chi connectivity index (χ3n) is 1.34. The Kier molecular flexibility index (Phi) is 2.80. The summed E-state index contributed by atoms with van der Waals surface area (Å²) >= 11 is 0. The van der Waals surface area contributed by atoms with E-state index in [1.165, 1.54) is 12.1 Å². The highest BCUT2D eigenvalue weighted by Crippen LogP contribution is 2.00. The van der Waals surface area contributed by atoms with Crippen molar-refractivity contribution in [3.05, 3.63) is 42.0 Å². The molecule has 0 aliphatic carbocycles. The molecule has 1 aromatic carbocycles. The van der Waals surface area contributed by atoms with Crippen LogP contribution in [0.2, 0.25) is 0 Å². The fraction of sp³-hybridized carbons (Fsp3) is 0. The highest BCUT2D eigenvalue weighted by molar-refractivity contribution is 6.04. The van der Waals surface area contributed by atoms with Crippen molar-refractivity contribution in [2.24, 2.45) is 0 Å². The quantitative estimate of drug-likeness (QED) is 0.485. The van der Waals surface area contributed by atoms with Crippen molar-refractivity contribution in [3.63, 3.8) is 0 Å². The van der Waals surface area contributed by atoms with Crippen LogP contribution in [0.15, 0.2) is 36.4 Å². The summed E-state index contributed by atoms with van der Waals surface area (Å²) in [4.78, 5) is 10.5. The molecule has 2 nitrogen and oxygen atoms in total. The van der Waals surface area contributed by atoms with Gasteiger partial charge in [0.1, 0.15) is 6.07 Å². The fourth-order valence-electron chi connectivity index (χ4n) is 0.773. The van der Waals surface area contributed by atoms with Crippen molar-refractivity contribution in [1.29, 1.82) is 5.26 Å². The summed E-state index contributed by atoms with van der Waals surface area (Å²) in [6, 6.07) is 10.9. The topological polar surface area (TPSA) is 40.9 Å². The van der Waals surface area contributed by atoms with Crippen LogP contribution < -0.4 is 0 Å². The Bertz CT molecular complexity index is 333. The van der Waals surface area contributed by atoms with Crippen LogP contribution in [0.5, 0.6) is 0 Å². The van der Waals surface area contributed by atoms with Crippen molar-refractivity contribution >= 4 is 11.9 Å². The molecule has 0 aromatic heterocycles. The average Bonchev–Trinajstić information content (AvgIpc) is 2.16. The molecule has 0 spiro atoms. The molecule has 0 amide bonds. The van der Waals surface area contributed by atoms with Gasteiger partial charge in [0.2, 0.25) is 0 Å². The van der Waals surface area contributed by atoms with Crippen molar-refractivity contribution in [2.45, 2.75) is 0 Å². The number of nitriles is 1. The lowest BCUT2D eigenvalue weighted by Crippen LogP contribution is -1.83. The Labute approximate surface area is 70.8 Å². The van der Waals surface area contributed by atoms with Gasteiger partial charge in [0.25, 0.3) is 5.78 Å². The van der Waals surface area contributed by atoms with Gasteiger partial charge in [0, 0.05) is 0 Å². The van der Waals surface area contributed by atoms with E-state index >= 15 is 0 Å². The van der Waals surface area contributed by atoms with Gasteiger partial charge in [-0.25, -0.2) is 0 Å². The highest BCUT2D eigenvalue weighted by Gasteiger charge is 1.89. The molecule has 1 aromatic rings. The minimum Gasteiger partial charge on any atom is -0.278 e. The summed E-state index contributed by atoms with van der Waals surface area (Å²) < 4.78 is 0. The van der Waals surface area contributed by atoms with Crippen LogP contribution >= 0.6 is 0 Å². The first-order chi connectivity index (χ1) is 5.83. The molecule has 0 saturated carbocycles. The van der Waals surface area contributed by atoms with E-state index in [1.807, 2.05) is 30.3 Å². The third kappa shape index (κ3) is 2.39. The zero-order valence-corrected chi connectivity index (χ0v) is 6.40. The van der Waals surface area contributed by atoms with Gasteiger partial charge in [-0.2, -0.15) is 5.26 Å². The summed E-state index contributed by atoms with van der Waals surface area (Å²) in [5.74, 6) is -0.529. The maximum absolute atomic E-state index is 10.5. The number of nitrogens with zero attached hydrogens (tertiary/aromatic N) is 1. The lowest BCUT2D eigenvalue weighted by atomic mass is 10.2. The molecule has 0 N–H and O–H groups in total. The van der Waals surface area contributed by atoms with Gasteiger partial charge in [-0.05, 0) is 11.6 Å². The molecule has 0 aliphatic rings. The second-order valence-corrected chi connectivity index (χ2v) is 2.22. The molecule has 2 heteroatoms. The van der Waals surface area contributed by atoms with Gasteiger partial charge in [-0.1, -0.05) is 36.4 Å². The van der Waals surface area contributed by atoms with Crippen molar-refractivity contribution in [3.8, 4) is 6.07 Å². The molecule has 58 valence electrons. The van der Waals surface area contributed by atoms with E-state index in [1.54, 1.807) is 6.08 Å². The largest absolute Gasteiger partial charge is 0.278 e. The predicted molar refractivity (Wildman–Crippen MR) is 46.1 cm³/mol. The fourth-order valence-corrected chi connectivity index (χ4v) is 0.773. The molecule has 0 fully saturated rings. The minimum absolute atomic E-state index is 0.529. The number of carbonyl (C=O) groups excluding carboxylic acids is 1. The molecule has 12 heavy (non-hydrogen) atoms. The molecule has 0 bridgehead atoms. The number of benzene rings is 1. The maximum atomic E-state index is 10.5. The van der Waals surface area contributed by atoms with Crippen molar-refractivity contribution in [1.82, 2.24) is 0 Å². The number of hydrogen-bond donors (Lipinski definition) is 0. The molecule has 1 rings (SSSR count). The molecule has 0 atom stereocenters. The Morgan fingerprint density at radius 3 is 2.58 bits per heavy atom. The molecule has 0 heterocycles. The number of rotatable bonds is 2. The Balaban J connectivity index is 2.72. The van der Waals surface area contributed by atoms with Crippen LogP contribution in [-0.2, 0) is 4.79 Å². The normalized spacial score (nSPS) is 9.58. The average molecular weight is 157 g/mol. The van der Waals surface area contributed by atoms with Gasteiger partial charge < -0.3 is 0 Å². The molecule has 0 saturated heterocycles. The molecular formula is C10H7NO. The van der Waals surface area contributed by atoms with Crippen molar-refractivity contribution in [2.75, 3.05) is 0 Å². The predicted octanol–water partition coefficient (Wildman–Crippen LogP) is 1.79. The first-order valence-corrected chi connectivity index (χ1v) is 3.50. The second kappa shape index (κ2) is 4.09. The zero-order chi connectivity index (χ0) is 8.81. The summed E-state index contributed by atoms with van der Waals surface area (Å²) in [7, 11) is 0. The Morgan fingerprint density at radius 2 is 2.00 bits per heavy atom. The van der Waals surface area contributed by atoms with Gasteiger partial charge in [0.15, 0.2) is 0 Å². The maximum Gasteiger partial charge on any atom is 0.255 e. The van der Waals surface area contributed by atoms with Crippen LogP contribution in [0.3, 0.4) is 0 Å². The summed E-state index contributed by atoms with van der Waals surface area (Å²) in [6.45, 7) is 0. The summed E-state index contributed by atoms with van der Waals surface area (Å²) in [5, 5.41) is 8.16. The minimum atomic E-state index is -0.529. The number of ketones is 1. The van der Waals surface area contributed by atoms with E-state index in [2.05, 4.69) is 0 Å². The number of allylic oxidation sites excluding steroid dienone is 1. The van der Waals surface area contributed by atoms with E-state index in [9.17, 15) is 4.79 Å². The zero-order valence-electron chi connectivity index (χ0n) is 6.40. The second-order valence-electron chi connectivity index (χ2n) is 2.22. The van der Waals surface area contributed by atoms with Crippen molar-refractivity contribution < 1.29 is 4.79 Å². The first-order valence-electron chi connectivity index (χ1n) is 3.50. The Morgan fingerprint density at radius 1 is 1.33 bits per heavy atom. The van der Waals surface area contributed by atoms with Crippen LogP contribution in [-0.4, -0.2) is 5.78 Å². The van der Waals surface area contributed by atoms with Gasteiger partial charge in [-0.3, -0.25) is 4.79 Å². The molecule has 0 aliphatic heterocycles. The Hall–Kier alpha value is -1.88. The molecule has 0 unspecified atom stereocenters. The van der Waals surface area contributed by atoms with E-state index in [0.29, 0.717) is 0 Å². The van der Waals surface area contributed by atoms with Crippen LogP contribution in [0.1, 0.15) is 5.56 Å². The first kappa shape index (κ1) is 8.22. The van der Waals surface area contributed by atoms with Gasteiger partial charge >= 0.3 is 0 Å². The standard InChI is InChI=1S/C10H7NO/c11-8-10(12)7-6-9-4-2-1-3-5-9/h1-7H/b7-6+. The van der Waals surface area contributed by atoms with E-state index in [-0.39, 0.29) is 0 Å². The SMILES string of the molecule is N#CC(=O)/C=C/c1ccccc1. The monoisotopic (exact) mass is 157 g/mol. The molecule has 0 radical (unpaired) electrons. The van der Waals surface area contributed by atoms with E-state index < -0.39 is 5.78 Å². The van der Waals surface area contributed by atoms with Crippen LogP contribution in [0, 0.1) is 11.3 Å². The van der Waals surface area contributed by atoms with E-state index in [0.717, 1.165) is 5.56 Å². The number of hydrogen-bond acceptors (Lipinski definition) is 2. The molecular weight excluding hydrogens is 150 g/mol. The summed E-state index contributed by atoms with van der Waals surface area (Å²) in [5.41, 5.74) is 0.918. The van der Waals surface area contributed by atoms with Gasteiger partial charge in [0.05, 0.1) is 0 Å². The number of carbonyl (C=O) groups is 1. The highest BCUT2D eigenvalue weighted by atomic mass is 16.1.